The molecule has 0 aromatic heterocycles. The van der Waals surface area contributed by atoms with Crippen molar-refractivity contribution in [2.24, 2.45) is 0 Å². The van der Waals surface area contributed by atoms with Gasteiger partial charge >= 0.3 is 12.1 Å². The maximum atomic E-state index is 12.3. The molecule has 0 fully saturated rings. The number of amides is 1. The monoisotopic (exact) mass is 355 g/mol. The van der Waals surface area contributed by atoms with E-state index in [1.165, 1.54) is 4.90 Å². The molecule has 1 atom stereocenters. The molecule has 1 N–H and O–H groups in total. The average molecular weight is 356 g/mol. The molecule has 1 heterocycles. The van der Waals surface area contributed by atoms with Crippen LogP contribution in [0.3, 0.4) is 0 Å². The second-order valence-corrected chi connectivity index (χ2v) is 6.93. The number of halogens is 1. The molecule has 114 valence electrons. The number of ether oxygens (including phenoxy) is 1. The fourth-order valence-corrected chi connectivity index (χ4v) is 2.73. The first-order valence-electron chi connectivity index (χ1n) is 6.72. The molecule has 5 nitrogen and oxygen atoms in total. The third kappa shape index (κ3) is 3.56. The smallest absolute Gasteiger partial charge is 0.414 e. The molecule has 0 aliphatic carbocycles. The molecule has 6 heteroatoms. The Morgan fingerprint density at radius 1 is 1.38 bits per heavy atom. The number of carbonyl (C=O) groups is 2. The van der Waals surface area contributed by atoms with Gasteiger partial charge in [0.1, 0.15) is 5.60 Å². The molecule has 1 aromatic rings. The van der Waals surface area contributed by atoms with Gasteiger partial charge in [-0.05, 0) is 51.0 Å². The molecule has 1 amide bonds. The van der Waals surface area contributed by atoms with Crippen LogP contribution in [0.25, 0.3) is 0 Å². The Labute approximate surface area is 132 Å². The van der Waals surface area contributed by atoms with Crippen LogP contribution < -0.4 is 4.90 Å². The zero-order chi connectivity index (χ0) is 15.8. The van der Waals surface area contributed by atoms with Crippen molar-refractivity contribution in [2.75, 3.05) is 11.4 Å². The van der Waals surface area contributed by atoms with Crippen LogP contribution in [0.5, 0.6) is 0 Å². The second kappa shape index (κ2) is 5.67. The van der Waals surface area contributed by atoms with Crippen LogP contribution in [0.15, 0.2) is 22.7 Å². The maximum absolute atomic E-state index is 12.3. The van der Waals surface area contributed by atoms with Gasteiger partial charge in [-0.15, -0.1) is 0 Å². The number of hydrogen-bond acceptors (Lipinski definition) is 3. The minimum absolute atomic E-state index is 0.334. The number of carboxylic acids is 1. The third-order valence-electron chi connectivity index (χ3n) is 3.21. The zero-order valence-corrected chi connectivity index (χ0v) is 13.8. The molecule has 21 heavy (non-hydrogen) atoms. The lowest BCUT2D eigenvalue weighted by atomic mass is 9.90. The van der Waals surface area contributed by atoms with E-state index < -0.39 is 23.6 Å². The highest BCUT2D eigenvalue weighted by Gasteiger charge is 2.34. The SMILES string of the molecule is CC(C)(C)OC(=O)N1CC[C@@H](C(=O)O)c2cc(Br)ccc21. The van der Waals surface area contributed by atoms with Gasteiger partial charge in [0, 0.05) is 11.0 Å². The molecule has 1 aromatic carbocycles. The van der Waals surface area contributed by atoms with E-state index >= 15 is 0 Å². The Kier molecular flexibility index (Phi) is 4.27. The summed E-state index contributed by atoms with van der Waals surface area (Å²) in [6.45, 7) is 5.74. The summed E-state index contributed by atoms with van der Waals surface area (Å²) in [4.78, 5) is 25.2. The van der Waals surface area contributed by atoms with Crippen molar-refractivity contribution in [1.29, 1.82) is 0 Å². The normalized spacial score (nSPS) is 18.1. The van der Waals surface area contributed by atoms with E-state index in [-0.39, 0.29) is 0 Å². The second-order valence-electron chi connectivity index (χ2n) is 6.01. The fourth-order valence-electron chi connectivity index (χ4n) is 2.35. The minimum Gasteiger partial charge on any atom is -0.481 e. The lowest BCUT2D eigenvalue weighted by Gasteiger charge is -2.34. The van der Waals surface area contributed by atoms with Crippen LogP contribution in [0.4, 0.5) is 10.5 Å². The Bertz CT molecular complexity index is 580. The maximum Gasteiger partial charge on any atom is 0.414 e. The molecule has 1 aliphatic heterocycles. The molecule has 0 bridgehead atoms. The van der Waals surface area contributed by atoms with Crippen molar-refractivity contribution >= 4 is 33.7 Å². The summed E-state index contributed by atoms with van der Waals surface area (Å²) in [7, 11) is 0. The average Bonchev–Trinajstić information content (AvgIpc) is 2.34. The van der Waals surface area contributed by atoms with Crippen LogP contribution in [-0.4, -0.2) is 29.3 Å². The fraction of sp³-hybridized carbons (Fsp3) is 0.467. The van der Waals surface area contributed by atoms with Gasteiger partial charge in [-0.25, -0.2) is 4.79 Å². The molecular weight excluding hydrogens is 338 g/mol. The van der Waals surface area contributed by atoms with E-state index in [9.17, 15) is 14.7 Å². The Morgan fingerprint density at radius 3 is 2.62 bits per heavy atom. The van der Waals surface area contributed by atoms with E-state index in [0.29, 0.717) is 24.2 Å². The van der Waals surface area contributed by atoms with Crippen molar-refractivity contribution in [2.45, 2.75) is 38.7 Å². The summed E-state index contributed by atoms with van der Waals surface area (Å²) >= 11 is 3.35. The van der Waals surface area contributed by atoms with Gasteiger partial charge in [0.05, 0.1) is 11.6 Å². The van der Waals surface area contributed by atoms with Crippen LogP contribution in [0, 0.1) is 0 Å². The summed E-state index contributed by atoms with van der Waals surface area (Å²) < 4.78 is 6.18. The summed E-state index contributed by atoms with van der Waals surface area (Å²) in [5.74, 6) is -1.48. The summed E-state index contributed by atoms with van der Waals surface area (Å²) in [6, 6.07) is 5.30. The number of fused-ring (bicyclic) bond motifs is 1. The highest BCUT2D eigenvalue weighted by molar-refractivity contribution is 9.10. The lowest BCUT2D eigenvalue weighted by Crippen LogP contribution is -2.41. The molecule has 2 rings (SSSR count). The largest absolute Gasteiger partial charge is 0.481 e. The third-order valence-corrected chi connectivity index (χ3v) is 3.70. The van der Waals surface area contributed by atoms with Crippen molar-refractivity contribution < 1.29 is 19.4 Å². The molecule has 0 saturated heterocycles. The van der Waals surface area contributed by atoms with Gasteiger partial charge in [0.2, 0.25) is 0 Å². The Balaban J connectivity index is 2.38. The topological polar surface area (TPSA) is 66.8 Å². The van der Waals surface area contributed by atoms with E-state index in [1.54, 1.807) is 39.0 Å². The first-order chi connectivity index (χ1) is 9.69. The first kappa shape index (κ1) is 15.8. The van der Waals surface area contributed by atoms with Gasteiger partial charge in [-0.1, -0.05) is 15.9 Å². The molecule has 0 radical (unpaired) electrons. The number of benzene rings is 1. The lowest BCUT2D eigenvalue weighted by molar-refractivity contribution is -0.139. The van der Waals surface area contributed by atoms with Gasteiger partial charge in [-0.2, -0.15) is 0 Å². The van der Waals surface area contributed by atoms with Crippen LogP contribution >= 0.6 is 15.9 Å². The summed E-state index contributed by atoms with van der Waals surface area (Å²) in [5.41, 5.74) is 0.649. The Hall–Kier alpha value is -1.56. The number of hydrogen-bond donors (Lipinski definition) is 1. The van der Waals surface area contributed by atoms with Gasteiger partial charge in [0.25, 0.3) is 0 Å². The van der Waals surface area contributed by atoms with E-state index in [0.717, 1.165) is 4.47 Å². The van der Waals surface area contributed by atoms with E-state index in [4.69, 9.17) is 4.74 Å². The van der Waals surface area contributed by atoms with Crippen molar-refractivity contribution in [3.63, 3.8) is 0 Å². The number of aliphatic carboxylic acids is 1. The summed E-state index contributed by atoms with van der Waals surface area (Å²) in [6.07, 6.45) is -0.0761. The number of carboxylic acid groups (broad SMARTS) is 1. The molecular formula is C15H18BrNO4. The molecule has 1 aliphatic rings. The number of rotatable bonds is 1. The quantitative estimate of drug-likeness (QED) is 0.832. The van der Waals surface area contributed by atoms with Gasteiger partial charge < -0.3 is 9.84 Å². The van der Waals surface area contributed by atoms with Crippen molar-refractivity contribution in [1.82, 2.24) is 0 Å². The molecule has 0 spiro atoms. The Morgan fingerprint density at radius 2 is 2.05 bits per heavy atom. The highest BCUT2D eigenvalue weighted by Crippen LogP contribution is 2.37. The van der Waals surface area contributed by atoms with Gasteiger partial charge in [0.15, 0.2) is 0 Å². The summed E-state index contributed by atoms with van der Waals surface area (Å²) in [5, 5.41) is 9.34. The van der Waals surface area contributed by atoms with Crippen molar-refractivity contribution in [3.8, 4) is 0 Å². The predicted molar refractivity (Wildman–Crippen MR) is 82.7 cm³/mol. The number of anilines is 1. The molecule has 0 unspecified atom stereocenters. The first-order valence-corrected chi connectivity index (χ1v) is 7.51. The van der Waals surface area contributed by atoms with Gasteiger partial charge in [-0.3, -0.25) is 9.69 Å². The van der Waals surface area contributed by atoms with Crippen molar-refractivity contribution in [3.05, 3.63) is 28.2 Å². The van der Waals surface area contributed by atoms with Crippen LogP contribution in [0.2, 0.25) is 0 Å². The molecule has 0 saturated carbocycles. The van der Waals surface area contributed by atoms with Crippen LogP contribution in [-0.2, 0) is 9.53 Å². The standard InChI is InChI=1S/C15H18BrNO4/c1-15(2,3)21-14(20)17-7-6-10(13(18)19)11-8-9(16)4-5-12(11)17/h4-5,8,10H,6-7H2,1-3H3,(H,18,19)/t10-/m1/s1. The number of nitrogens with zero attached hydrogens (tertiary/aromatic N) is 1. The van der Waals surface area contributed by atoms with E-state index in [2.05, 4.69) is 15.9 Å². The predicted octanol–water partition coefficient (Wildman–Crippen LogP) is 3.76. The van der Waals surface area contributed by atoms with E-state index in [1.807, 2.05) is 0 Å². The van der Waals surface area contributed by atoms with Crippen LogP contribution in [0.1, 0.15) is 38.7 Å². The minimum atomic E-state index is -0.877. The highest BCUT2D eigenvalue weighted by atomic mass is 79.9. The number of carbonyl (C=O) groups excluding carboxylic acids is 1. The zero-order valence-electron chi connectivity index (χ0n) is 12.2.